The van der Waals surface area contributed by atoms with E-state index < -0.39 is 29.1 Å². The molecule has 12 nitrogen and oxygen atoms in total. The zero-order valence-electron chi connectivity index (χ0n) is 32.1. The van der Waals surface area contributed by atoms with Crippen LogP contribution in [0.5, 0.6) is 0 Å². The van der Waals surface area contributed by atoms with E-state index in [1.165, 1.54) is 32.1 Å². The molecule has 1 unspecified atom stereocenters. The van der Waals surface area contributed by atoms with Crippen LogP contribution >= 0.6 is 22.6 Å². The summed E-state index contributed by atoms with van der Waals surface area (Å²) in [7, 11) is 0. The number of carbonyl (C=O) groups is 5. The summed E-state index contributed by atoms with van der Waals surface area (Å²) in [6.45, 7) is 14.5. The van der Waals surface area contributed by atoms with Crippen LogP contribution in [-0.4, -0.2) is 89.3 Å². The van der Waals surface area contributed by atoms with Crippen molar-refractivity contribution < 1.29 is 43.0 Å². The van der Waals surface area contributed by atoms with Gasteiger partial charge in [0.15, 0.2) is 0 Å². The quantitative estimate of drug-likeness (QED) is 0.0273. The van der Waals surface area contributed by atoms with Gasteiger partial charge >= 0.3 is 11.9 Å². The Bertz CT molecular complexity index is 967. The molecule has 50 heavy (non-hydrogen) atoms. The third kappa shape index (κ3) is 30.9. The molecule has 0 aromatic rings. The molecule has 0 heterocycles. The summed E-state index contributed by atoms with van der Waals surface area (Å²) >= 11 is 1.99. The van der Waals surface area contributed by atoms with Crippen molar-refractivity contribution in [1.29, 1.82) is 0 Å². The average Bonchev–Trinajstić information content (AvgIpc) is 3.00. The zero-order valence-corrected chi connectivity index (χ0v) is 34.3. The Morgan fingerprint density at radius 2 is 1.12 bits per heavy atom. The van der Waals surface area contributed by atoms with Gasteiger partial charge in [0.2, 0.25) is 17.7 Å². The number of nitrogens with one attached hydrogen (secondary N) is 2. The third-order valence-corrected chi connectivity index (χ3v) is 8.06. The lowest BCUT2D eigenvalue weighted by Crippen LogP contribution is -2.43. The average molecular weight is 826 g/mol. The van der Waals surface area contributed by atoms with E-state index in [9.17, 15) is 24.0 Å². The summed E-state index contributed by atoms with van der Waals surface area (Å²) < 4.78 is 16.7. The maximum absolute atomic E-state index is 12.8. The van der Waals surface area contributed by atoms with Gasteiger partial charge in [-0.25, -0.2) is 0 Å². The van der Waals surface area contributed by atoms with Gasteiger partial charge in [0.05, 0.1) is 36.7 Å². The van der Waals surface area contributed by atoms with Crippen molar-refractivity contribution in [2.75, 3.05) is 37.3 Å². The van der Waals surface area contributed by atoms with Gasteiger partial charge in [0.1, 0.15) is 11.2 Å². The third-order valence-electron chi connectivity index (χ3n) is 7.37. The summed E-state index contributed by atoms with van der Waals surface area (Å²) in [6.07, 6.45) is 13.6. The number of hydrogen-bond donors (Lipinski definition) is 2. The molecule has 0 saturated carbocycles. The number of ether oxygens (including phenoxy) is 3. The molecule has 0 aliphatic heterocycles. The molecular weight excluding hydrogens is 757 g/mol. The predicted octanol–water partition coefficient (Wildman–Crippen LogP) is 6.74. The largest absolute Gasteiger partial charge is 0.460 e. The SMILES string of the molecule is CCN(OCCOCCNC(=O)CI)C(CC(=O)NC(=O)CCCCCCCCCCCCCCC(=O)OC(C)(C)C)CC(=O)OC(C)(C)C. The smallest absolute Gasteiger partial charge is 0.308 e. The maximum atomic E-state index is 12.8. The van der Waals surface area contributed by atoms with E-state index in [1.807, 2.05) is 50.3 Å². The molecule has 1 atom stereocenters. The van der Waals surface area contributed by atoms with E-state index in [2.05, 4.69) is 10.6 Å². The second kappa shape index (κ2) is 28.7. The fraction of sp³-hybridized carbons (Fsp3) is 0.865. The lowest BCUT2D eigenvalue weighted by atomic mass is 10.0. The number of carbonyl (C=O) groups excluding carboxylic acids is 5. The van der Waals surface area contributed by atoms with Crippen LogP contribution in [0.4, 0.5) is 0 Å². The van der Waals surface area contributed by atoms with Gasteiger partial charge in [-0.05, 0) is 54.4 Å². The highest BCUT2D eigenvalue weighted by Gasteiger charge is 2.28. The summed E-state index contributed by atoms with van der Waals surface area (Å²) in [6, 6.07) is -0.630. The van der Waals surface area contributed by atoms with E-state index in [0.717, 1.165) is 44.9 Å². The van der Waals surface area contributed by atoms with Crippen molar-refractivity contribution in [3.05, 3.63) is 0 Å². The summed E-state index contributed by atoms with van der Waals surface area (Å²) in [4.78, 5) is 66.9. The van der Waals surface area contributed by atoms with Crippen molar-refractivity contribution >= 4 is 52.3 Å². The molecule has 292 valence electrons. The fourth-order valence-corrected chi connectivity index (χ4v) is 5.40. The highest BCUT2D eigenvalue weighted by molar-refractivity contribution is 14.1. The van der Waals surface area contributed by atoms with Gasteiger partial charge in [-0.15, -0.1) is 0 Å². The Morgan fingerprint density at radius 1 is 0.620 bits per heavy atom. The number of amides is 3. The number of alkyl halides is 1. The highest BCUT2D eigenvalue weighted by atomic mass is 127. The topological polar surface area (TPSA) is 150 Å². The van der Waals surface area contributed by atoms with Crippen LogP contribution < -0.4 is 10.6 Å². The fourth-order valence-electron chi connectivity index (χ4n) is 5.13. The highest BCUT2D eigenvalue weighted by Crippen LogP contribution is 2.17. The predicted molar refractivity (Wildman–Crippen MR) is 204 cm³/mol. The lowest BCUT2D eigenvalue weighted by Gasteiger charge is -2.30. The van der Waals surface area contributed by atoms with Crippen LogP contribution in [0.25, 0.3) is 0 Å². The van der Waals surface area contributed by atoms with E-state index in [-0.39, 0.29) is 50.3 Å². The van der Waals surface area contributed by atoms with Crippen molar-refractivity contribution in [2.45, 2.75) is 168 Å². The van der Waals surface area contributed by atoms with Crippen LogP contribution in [0.15, 0.2) is 0 Å². The Balaban J connectivity index is 4.30. The first-order chi connectivity index (χ1) is 23.6. The Morgan fingerprint density at radius 3 is 1.62 bits per heavy atom. The van der Waals surface area contributed by atoms with Gasteiger partial charge in [-0.3, -0.25) is 34.1 Å². The minimum absolute atomic E-state index is 0.0556. The standard InChI is InChI=1S/C37H68IN3O9/c1-8-41(48-26-25-47-24-23-39-33(44)29-38)30(28-35(46)50-37(5,6)7)27-32(43)40-31(42)21-19-17-15-13-11-9-10-12-14-16-18-20-22-34(45)49-36(2,3)4/h30H,8-29H2,1-7H3,(H,39,44)(H,40,42,43). The number of unbranched alkanes of at least 4 members (excludes halogenated alkanes) is 11. The summed E-state index contributed by atoms with van der Waals surface area (Å²) in [5.41, 5.74) is -1.09. The molecule has 0 aromatic carbocycles. The molecule has 0 aromatic heterocycles. The molecule has 0 bridgehead atoms. The number of esters is 2. The second-order valence-corrected chi connectivity index (χ2v) is 15.4. The van der Waals surface area contributed by atoms with Crippen molar-refractivity contribution in [3.63, 3.8) is 0 Å². The van der Waals surface area contributed by atoms with Crippen LogP contribution in [-0.2, 0) is 43.0 Å². The molecule has 3 amide bonds. The first-order valence-electron chi connectivity index (χ1n) is 18.6. The van der Waals surface area contributed by atoms with Gasteiger partial charge in [-0.1, -0.05) is 93.7 Å². The van der Waals surface area contributed by atoms with Crippen LogP contribution in [0.2, 0.25) is 0 Å². The lowest BCUT2D eigenvalue weighted by molar-refractivity contribution is -0.200. The Labute approximate surface area is 315 Å². The first kappa shape index (κ1) is 48.2. The van der Waals surface area contributed by atoms with Crippen LogP contribution in [0.3, 0.4) is 0 Å². The number of nitrogens with zero attached hydrogens (tertiary/aromatic N) is 1. The van der Waals surface area contributed by atoms with Crippen LogP contribution in [0.1, 0.15) is 151 Å². The second-order valence-electron chi connectivity index (χ2n) is 14.6. The van der Waals surface area contributed by atoms with Crippen molar-refractivity contribution in [3.8, 4) is 0 Å². The monoisotopic (exact) mass is 825 g/mol. The molecule has 2 N–H and O–H groups in total. The van der Waals surface area contributed by atoms with E-state index >= 15 is 0 Å². The van der Waals surface area contributed by atoms with E-state index in [0.29, 0.717) is 30.5 Å². The number of rotatable bonds is 29. The van der Waals surface area contributed by atoms with Crippen molar-refractivity contribution in [2.24, 2.45) is 0 Å². The number of imide groups is 1. The first-order valence-corrected chi connectivity index (χ1v) is 20.1. The molecule has 0 fully saturated rings. The summed E-state index contributed by atoms with van der Waals surface area (Å²) in [5.74, 6) is -1.40. The molecule has 0 rings (SSSR count). The van der Waals surface area contributed by atoms with Crippen LogP contribution in [0, 0.1) is 0 Å². The van der Waals surface area contributed by atoms with E-state index in [1.54, 1.807) is 25.8 Å². The number of hydroxylamine groups is 2. The van der Waals surface area contributed by atoms with Gasteiger partial charge in [-0.2, -0.15) is 5.06 Å². The number of halogens is 1. The zero-order chi connectivity index (χ0) is 37.8. The van der Waals surface area contributed by atoms with Gasteiger partial charge in [0, 0.05) is 32.4 Å². The summed E-state index contributed by atoms with van der Waals surface area (Å²) in [5, 5.41) is 6.76. The van der Waals surface area contributed by atoms with Gasteiger partial charge in [0.25, 0.3) is 0 Å². The minimum Gasteiger partial charge on any atom is -0.460 e. The van der Waals surface area contributed by atoms with E-state index in [4.69, 9.17) is 19.0 Å². The molecule has 0 radical (unpaired) electrons. The maximum Gasteiger partial charge on any atom is 0.308 e. The molecular formula is C37H68IN3O9. The number of hydrogen-bond acceptors (Lipinski definition) is 10. The normalized spacial score (nSPS) is 12.4. The molecule has 0 aliphatic rings. The molecule has 13 heteroatoms. The molecule has 0 spiro atoms. The Kier molecular flexibility index (Phi) is 27.7. The van der Waals surface area contributed by atoms with Crippen molar-refractivity contribution in [1.82, 2.24) is 15.7 Å². The molecule has 0 aliphatic carbocycles. The minimum atomic E-state index is -0.676. The Hall–Kier alpha value is -1.84. The molecule has 0 saturated heterocycles. The van der Waals surface area contributed by atoms with Gasteiger partial charge < -0.3 is 19.5 Å².